The van der Waals surface area contributed by atoms with Crippen LogP contribution in [0, 0.1) is 11.3 Å². The molecule has 3 aromatic rings. The lowest BCUT2D eigenvalue weighted by Crippen LogP contribution is -1.92. The van der Waals surface area contributed by atoms with Crippen molar-refractivity contribution in [1.29, 1.82) is 5.26 Å². The summed E-state index contributed by atoms with van der Waals surface area (Å²) in [6, 6.07) is 6.63. The molecule has 0 spiro atoms. The van der Waals surface area contributed by atoms with Crippen molar-refractivity contribution in [2.45, 2.75) is 18.9 Å². The molecule has 0 amide bonds. The second kappa shape index (κ2) is 4.14. The highest BCUT2D eigenvalue weighted by atomic mass is 15.1. The van der Waals surface area contributed by atoms with E-state index in [1.54, 1.807) is 12.4 Å². The number of rotatable bonds is 2. The van der Waals surface area contributed by atoms with Gasteiger partial charge in [-0.25, -0.2) is 15.0 Å². The van der Waals surface area contributed by atoms with Crippen LogP contribution in [0.5, 0.6) is 0 Å². The quantitative estimate of drug-likeness (QED) is 0.711. The van der Waals surface area contributed by atoms with Crippen LogP contribution < -0.4 is 0 Å². The molecule has 1 aliphatic rings. The van der Waals surface area contributed by atoms with Gasteiger partial charge in [-0.05, 0) is 25.0 Å². The van der Waals surface area contributed by atoms with E-state index < -0.39 is 0 Å². The third-order valence-corrected chi connectivity index (χ3v) is 3.62. The molecule has 0 unspecified atom stereocenters. The zero-order valence-electron chi connectivity index (χ0n) is 10.7. The molecule has 20 heavy (non-hydrogen) atoms. The van der Waals surface area contributed by atoms with Gasteiger partial charge in [0, 0.05) is 35.6 Å². The molecular weight excluding hydrogens is 250 g/mol. The summed E-state index contributed by atoms with van der Waals surface area (Å²) in [5.41, 5.74) is 3.09. The molecule has 0 N–H and O–H groups in total. The molecule has 1 fully saturated rings. The fourth-order valence-corrected chi connectivity index (χ4v) is 2.53. The SMILES string of the molecule is N#Cc1cncnc1-c1cn(C2CC2)c2ncccc12. The van der Waals surface area contributed by atoms with Gasteiger partial charge in [-0.1, -0.05) is 0 Å². The first-order chi connectivity index (χ1) is 9.88. The van der Waals surface area contributed by atoms with Gasteiger partial charge < -0.3 is 4.57 Å². The molecule has 3 aromatic heterocycles. The molecule has 0 atom stereocenters. The van der Waals surface area contributed by atoms with Crippen molar-refractivity contribution in [2.75, 3.05) is 0 Å². The average molecular weight is 261 g/mol. The van der Waals surface area contributed by atoms with Gasteiger partial charge in [0.25, 0.3) is 0 Å². The van der Waals surface area contributed by atoms with Crippen LogP contribution in [-0.4, -0.2) is 19.5 Å². The van der Waals surface area contributed by atoms with Crippen molar-refractivity contribution in [2.24, 2.45) is 0 Å². The van der Waals surface area contributed by atoms with E-state index in [0.29, 0.717) is 17.3 Å². The van der Waals surface area contributed by atoms with Gasteiger partial charge in [0.15, 0.2) is 0 Å². The van der Waals surface area contributed by atoms with Crippen LogP contribution >= 0.6 is 0 Å². The lowest BCUT2D eigenvalue weighted by Gasteiger charge is -1.99. The second-order valence-corrected chi connectivity index (χ2v) is 4.95. The minimum Gasteiger partial charge on any atom is -0.329 e. The maximum atomic E-state index is 9.23. The van der Waals surface area contributed by atoms with Crippen molar-refractivity contribution in [3.8, 4) is 17.3 Å². The third kappa shape index (κ3) is 1.58. The van der Waals surface area contributed by atoms with Crippen LogP contribution in [0.2, 0.25) is 0 Å². The highest BCUT2D eigenvalue weighted by Gasteiger charge is 2.27. The predicted molar refractivity (Wildman–Crippen MR) is 73.7 cm³/mol. The summed E-state index contributed by atoms with van der Waals surface area (Å²) < 4.78 is 2.20. The van der Waals surface area contributed by atoms with Crippen LogP contribution in [0.4, 0.5) is 0 Å². The first-order valence-corrected chi connectivity index (χ1v) is 6.54. The molecule has 0 aromatic carbocycles. The van der Waals surface area contributed by atoms with E-state index in [4.69, 9.17) is 0 Å². The van der Waals surface area contributed by atoms with Gasteiger partial charge in [-0.15, -0.1) is 0 Å². The summed E-state index contributed by atoms with van der Waals surface area (Å²) in [6.45, 7) is 0. The largest absolute Gasteiger partial charge is 0.329 e. The van der Waals surface area contributed by atoms with E-state index in [1.807, 2.05) is 12.1 Å². The minimum atomic E-state index is 0.492. The lowest BCUT2D eigenvalue weighted by atomic mass is 10.1. The first-order valence-electron chi connectivity index (χ1n) is 6.54. The number of hydrogen-bond donors (Lipinski definition) is 0. The zero-order chi connectivity index (χ0) is 13.5. The molecule has 96 valence electrons. The molecule has 0 bridgehead atoms. The average Bonchev–Trinajstić information content (AvgIpc) is 3.28. The molecule has 3 heterocycles. The normalized spacial score (nSPS) is 14.3. The number of fused-ring (bicyclic) bond motifs is 1. The fraction of sp³-hybridized carbons (Fsp3) is 0.200. The number of nitrogens with zero attached hydrogens (tertiary/aromatic N) is 5. The van der Waals surface area contributed by atoms with Crippen LogP contribution in [0.15, 0.2) is 37.1 Å². The number of aromatic nitrogens is 4. The van der Waals surface area contributed by atoms with E-state index in [-0.39, 0.29) is 0 Å². The predicted octanol–water partition coefficient (Wildman–Crippen LogP) is 2.70. The number of nitriles is 1. The molecule has 0 radical (unpaired) electrons. The standard InChI is InChI=1S/C15H11N5/c16-6-10-7-17-9-19-14(10)13-8-20(11-3-4-11)15-12(13)2-1-5-18-15/h1-2,5,7-9,11H,3-4H2. The number of hydrogen-bond acceptors (Lipinski definition) is 4. The van der Waals surface area contributed by atoms with Gasteiger partial charge >= 0.3 is 0 Å². The number of pyridine rings is 1. The van der Waals surface area contributed by atoms with Crippen LogP contribution in [0.25, 0.3) is 22.3 Å². The summed E-state index contributed by atoms with van der Waals surface area (Å²) in [5, 5.41) is 10.3. The summed E-state index contributed by atoms with van der Waals surface area (Å²) in [4.78, 5) is 12.7. The summed E-state index contributed by atoms with van der Waals surface area (Å²) in [5.74, 6) is 0. The smallest absolute Gasteiger partial charge is 0.140 e. The van der Waals surface area contributed by atoms with Crippen LogP contribution in [0.1, 0.15) is 24.4 Å². The van der Waals surface area contributed by atoms with E-state index in [1.165, 1.54) is 19.2 Å². The Kier molecular flexibility index (Phi) is 2.30. The summed E-state index contributed by atoms with van der Waals surface area (Å²) >= 11 is 0. The maximum absolute atomic E-state index is 9.23. The lowest BCUT2D eigenvalue weighted by molar-refractivity contribution is 0.767. The van der Waals surface area contributed by atoms with E-state index in [2.05, 4.69) is 31.8 Å². The fourth-order valence-electron chi connectivity index (χ4n) is 2.53. The van der Waals surface area contributed by atoms with Gasteiger partial charge in [0.2, 0.25) is 0 Å². The molecule has 5 nitrogen and oxygen atoms in total. The summed E-state index contributed by atoms with van der Waals surface area (Å²) in [6.07, 6.45) is 9.28. The second-order valence-electron chi connectivity index (χ2n) is 4.95. The monoisotopic (exact) mass is 261 g/mol. The maximum Gasteiger partial charge on any atom is 0.140 e. The molecule has 0 aliphatic heterocycles. The highest BCUT2D eigenvalue weighted by molar-refractivity contribution is 5.94. The van der Waals surface area contributed by atoms with Crippen LogP contribution in [-0.2, 0) is 0 Å². The topological polar surface area (TPSA) is 67.4 Å². The Morgan fingerprint density at radius 2 is 2.20 bits per heavy atom. The molecule has 1 saturated carbocycles. The molecule has 0 saturated heterocycles. The van der Waals surface area contributed by atoms with Crippen molar-refractivity contribution in [3.63, 3.8) is 0 Å². The third-order valence-electron chi connectivity index (χ3n) is 3.62. The van der Waals surface area contributed by atoms with E-state index in [0.717, 1.165) is 16.6 Å². The van der Waals surface area contributed by atoms with Crippen LogP contribution in [0.3, 0.4) is 0 Å². The zero-order valence-corrected chi connectivity index (χ0v) is 10.7. The van der Waals surface area contributed by atoms with Crippen molar-refractivity contribution in [3.05, 3.63) is 42.6 Å². The van der Waals surface area contributed by atoms with Gasteiger partial charge in [-0.3, -0.25) is 0 Å². The first kappa shape index (κ1) is 11.1. The molecule has 1 aliphatic carbocycles. The Morgan fingerprint density at radius 3 is 3.00 bits per heavy atom. The molecular formula is C15H11N5. The van der Waals surface area contributed by atoms with Gasteiger partial charge in [0.1, 0.15) is 18.0 Å². The Labute approximate surface area is 115 Å². The minimum absolute atomic E-state index is 0.492. The highest BCUT2D eigenvalue weighted by Crippen LogP contribution is 2.40. The van der Waals surface area contributed by atoms with Crippen molar-refractivity contribution in [1.82, 2.24) is 19.5 Å². The van der Waals surface area contributed by atoms with Crippen molar-refractivity contribution < 1.29 is 0 Å². The summed E-state index contributed by atoms with van der Waals surface area (Å²) in [7, 11) is 0. The Morgan fingerprint density at radius 1 is 1.30 bits per heavy atom. The Hall–Kier alpha value is -2.74. The van der Waals surface area contributed by atoms with Gasteiger partial charge in [0.05, 0.1) is 11.3 Å². The van der Waals surface area contributed by atoms with E-state index in [9.17, 15) is 5.26 Å². The Balaban J connectivity index is 2.03. The van der Waals surface area contributed by atoms with Gasteiger partial charge in [-0.2, -0.15) is 5.26 Å². The Bertz CT molecular complexity index is 839. The van der Waals surface area contributed by atoms with Crippen molar-refractivity contribution >= 4 is 11.0 Å². The van der Waals surface area contributed by atoms with E-state index >= 15 is 0 Å². The molecule has 5 heteroatoms. The molecule has 4 rings (SSSR count).